The highest BCUT2D eigenvalue weighted by atomic mass is 16.6. The van der Waals surface area contributed by atoms with Crippen LogP contribution in [-0.4, -0.2) is 16.7 Å². The monoisotopic (exact) mass is 299 g/mol. The number of hydrogen-bond donors (Lipinski definition) is 2. The van der Waals surface area contributed by atoms with Crippen molar-refractivity contribution < 1.29 is 14.5 Å². The molecule has 2 rings (SSSR count). The summed E-state index contributed by atoms with van der Waals surface area (Å²) in [5.74, 6) is -0.915. The van der Waals surface area contributed by atoms with E-state index in [0.717, 1.165) is 6.07 Å². The largest absolute Gasteiger partial charge is 0.326 e. The van der Waals surface area contributed by atoms with Crippen molar-refractivity contribution in [2.45, 2.75) is 6.92 Å². The van der Waals surface area contributed by atoms with Crippen molar-refractivity contribution >= 4 is 28.9 Å². The van der Waals surface area contributed by atoms with E-state index in [1.807, 2.05) is 0 Å². The second-order valence-electron chi connectivity index (χ2n) is 4.49. The lowest BCUT2D eigenvalue weighted by molar-refractivity contribution is -0.384. The fourth-order valence-corrected chi connectivity index (χ4v) is 1.85. The molecule has 0 fully saturated rings. The summed E-state index contributed by atoms with van der Waals surface area (Å²) in [6, 6.07) is 12.4. The number of para-hydroxylation sites is 1. The number of carbonyl (C=O) groups excluding carboxylic acids is 2. The minimum absolute atomic E-state index is 0.0215. The van der Waals surface area contributed by atoms with Gasteiger partial charge in [0.15, 0.2) is 0 Å². The number of nitro groups is 1. The summed E-state index contributed by atoms with van der Waals surface area (Å²) in [6.07, 6.45) is 0. The first-order valence-electron chi connectivity index (χ1n) is 6.40. The number of rotatable bonds is 4. The summed E-state index contributed by atoms with van der Waals surface area (Å²) in [6.45, 7) is 1.29. The highest BCUT2D eigenvalue weighted by Crippen LogP contribution is 2.23. The Balaban J connectivity index is 2.37. The van der Waals surface area contributed by atoms with Crippen LogP contribution in [-0.2, 0) is 4.79 Å². The fourth-order valence-electron chi connectivity index (χ4n) is 1.85. The molecule has 2 aromatic carbocycles. The van der Waals surface area contributed by atoms with Crippen molar-refractivity contribution in [1.82, 2.24) is 0 Å². The third-order valence-corrected chi connectivity index (χ3v) is 2.80. The number of nitro benzene ring substituents is 1. The van der Waals surface area contributed by atoms with Gasteiger partial charge in [-0.25, -0.2) is 0 Å². The van der Waals surface area contributed by atoms with Crippen LogP contribution in [0.25, 0.3) is 0 Å². The van der Waals surface area contributed by atoms with E-state index >= 15 is 0 Å². The molecule has 2 amide bonds. The molecule has 0 saturated heterocycles. The molecule has 0 aliphatic rings. The van der Waals surface area contributed by atoms with Crippen LogP contribution in [0.3, 0.4) is 0 Å². The first-order valence-corrected chi connectivity index (χ1v) is 6.40. The second kappa shape index (κ2) is 6.49. The molecule has 0 radical (unpaired) electrons. The van der Waals surface area contributed by atoms with E-state index in [2.05, 4.69) is 10.6 Å². The van der Waals surface area contributed by atoms with E-state index in [1.165, 1.54) is 19.1 Å². The lowest BCUT2D eigenvalue weighted by Gasteiger charge is -2.10. The third kappa shape index (κ3) is 3.66. The fraction of sp³-hybridized carbons (Fsp3) is 0.0667. The van der Waals surface area contributed by atoms with Gasteiger partial charge in [-0.1, -0.05) is 18.2 Å². The molecular weight excluding hydrogens is 286 g/mol. The molecule has 0 aliphatic heterocycles. The zero-order valence-electron chi connectivity index (χ0n) is 11.7. The molecule has 0 saturated carbocycles. The van der Waals surface area contributed by atoms with Gasteiger partial charge in [-0.05, 0) is 18.2 Å². The number of nitrogens with one attached hydrogen (secondary N) is 2. The molecule has 0 heterocycles. The molecule has 0 aromatic heterocycles. The molecule has 22 heavy (non-hydrogen) atoms. The average Bonchev–Trinajstić information content (AvgIpc) is 2.47. The second-order valence-corrected chi connectivity index (χ2v) is 4.49. The summed E-state index contributed by atoms with van der Waals surface area (Å²) in [5.41, 5.74) is 0.555. The van der Waals surface area contributed by atoms with E-state index in [1.54, 1.807) is 30.3 Å². The standard InChI is InChI=1S/C15H13N3O4/c1-10(19)16-14-8-7-12(18(21)22)9-13(14)15(20)17-11-5-3-2-4-6-11/h2-9H,1H3,(H,16,19)(H,17,20). The highest BCUT2D eigenvalue weighted by molar-refractivity contribution is 6.10. The molecule has 0 unspecified atom stereocenters. The van der Waals surface area contributed by atoms with Gasteiger partial charge >= 0.3 is 0 Å². The number of carbonyl (C=O) groups is 2. The number of hydrogen-bond acceptors (Lipinski definition) is 4. The van der Waals surface area contributed by atoms with Crippen molar-refractivity contribution in [3.63, 3.8) is 0 Å². The van der Waals surface area contributed by atoms with Gasteiger partial charge in [0.05, 0.1) is 16.2 Å². The minimum atomic E-state index is -0.600. The van der Waals surface area contributed by atoms with Crippen LogP contribution in [0, 0.1) is 10.1 Å². The van der Waals surface area contributed by atoms with Gasteiger partial charge in [0, 0.05) is 24.7 Å². The molecular formula is C15H13N3O4. The Hall–Kier alpha value is -3.22. The predicted molar refractivity (Wildman–Crippen MR) is 81.8 cm³/mol. The van der Waals surface area contributed by atoms with Gasteiger partial charge in [0.2, 0.25) is 5.91 Å². The summed E-state index contributed by atoms with van der Waals surface area (Å²) in [5, 5.41) is 16.0. The van der Waals surface area contributed by atoms with Gasteiger partial charge in [-0.2, -0.15) is 0 Å². The van der Waals surface area contributed by atoms with Crippen molar-refractivity contribution in [2.24, 2.45) is 0 Å². The summed E-state index contributed by atoms with van der Waals surface area (Å²) in [4.78, 5) is 33.7. The van der Waals surface area contributed by atoms with Crippen molar-refractivity contribution in [2.75, 3.05) is 10.6 Å². The molecule has 112 valence electrons. The maximum absolute atomic E-state index is 12.3. The number of benzene rings is 2. The molecule has 0 bridgehead atoms. The summed E-state index contributed by atoms with van der Waals surface area (Å²) >= 11 is 0. The number of anilines is 2. The molecule has 0 aliphatic carbocycles. The highest BCUT2D eigenvalue weighted by Gasteiger charge is 2.17. The molecule has 0 atom stereocenters. The van der Waals surface area contributed by atoms with Gasteiger partial charge in [-0.3, -0.25) is 19.7 Å². The maximum Gasteiger partial charge on any atom is 0.270 e. The van der Waals surface area contributed by atoms with Crippen molar-refractivity contribution in [3.05, 3.63) is 64.2 Å². The van der Waals surface area contributed by atoms with E-state index in [-0.39, 0.29) is 22.8 Å². The van der Waals surface area contributed by atoms with Crippen LogP contribution in [0.15, 0.2) is 48.5 Å². The first-order chi connectivity index (χ1) is 10.5. The van der Waals surface area contributed by atoms with Crippen LogP contribution in [0.5, 0.6) is 0 Å². The van der Waals surface area contributed by atoms with Crippen LogP contribution < -0.4 is 10.6 Å². The molecule has 7 heteroatoms. The summed E-state index contributed by atoms with van der Waals surface area (Å²) in [7, 11) is 0. The van der Waals surface area contributed by atoms with E-state index < -0.39 is 10.8 Å². The van der Waals surface area contributed by atoms with Crippen molar-refractivity contribution in [3.8, 4) is 0 Å². The molecule has 2 N–H and O–H groups in total. The Morgan fingerprint density at radius 3 is 2.32 bits per heavy atom. The predicted octanol–water partition coefficient (Wildman–Crippen LogP) is 2.81. The zero-order valence-corrected chi connectivity index (χ0v) is 11.7. The van der Waals surface area contributed by atoms with Crippen LogP contribution in [0.4, 0.5) is 17.1 Å². The van der Waals surface area contributed by atoms with Gasteiger partial charge < -0.3 is 10.6 Å². The maximum atomic E-state index is 12.3. The smallest absolute Gasteiger partial charge is 0.270 e. The lowest BCUT2D eigenvalue weighted by Crippen LogP contribution is -2.16. The van der Waals surface area contributed by atoms with Gasteiger partial charge in [0.1, 0.15) is 0 Å². The van der Waals surface area contributed by atoms with Crippen LogP contribution in [0.1, 0.15) is 17.3 Å². The zero-order chi connectivity index (χ0) is 16.1. The third-order valence-electron chi connectivity index (χ3n) is 2.80. The Bertz CT molecular complexity index is 729. The topological polar surface area (TPSA) is 101 Å². The molecule has 2 aromatic rings. The first kappa shape index (κ1) is 15.2. The van der Waals surface area contributed by atoms with E-state index in [0.29, 0.717) is 5.69 Å². The Kier molecular flexibility index (Phi) is 4.47. The average molecular weight is 299 g/mol. The molecule has 7 nitrogen and oxygen atoms in total. The number of non-ortho nitro benzene ring substituents is 1. The SMILES string of the molecule is CC(=O)Nc1ccc([N+](=O)[O-])cc1C(=O)Nc1ccccc1. The van der Waals surface area contributed by atoms with Crippen LogP contribution in [0.2, 0.25) is 0 Å². The van der Waals surface area contributed by atoms with Crippen molar-refractivity contribution in [1.29, 1.82) is 0 Å². The minimum Gasteiger partial charge on any atom is -0.326 e. The Labute approximate surface area is 126 Å². The van der Waals surface area contributed by atoms with Crippen LogP contribution >= 0.6 is 0 Å². The van der Waals surface area contributed by atoms with Gasteiger partial charge in [0.25, 0.3) is 11.6 Å². The quantitative estimate of drug-likeness (QED) is 0.669. The summed E-state index contributed by atoms with van der Waals surface area (Å²) < 4.78 is 0. The Morgan fingerprint density at radius 1 is 1.05 bits per heavy atom. The van der Waals surface area contributed by atoms with E-state index in [4.69, 9.17) is 0 Å². The number of nitrogens with zero attached hydrogens (tertiary/aromatic N) is 1. The Morgan fingerprint density at radius 2 is 1.73 bits per heavy atom. The molecule has 0 spiro atoms. The normalized spacial score (nSPS) is 9.86. The number of amides is 2. The van der Waals surface area contributed by atoms with E-state index in [9.17, 15) is 19.7 Å². The lowest BCUT2D eigenvalue weighted by atomic mass is 10.1. The van der Waals surface area contributed by atoms with Gasteiger partial charge in [-0.15, -0.1) is 0 Å².